The lowest BCUT2D eigenvalue weighted by molar-refractivity contribution is 0.0509. The molecule has 1 fully saturated rings. The number of nitrogens with zero attached hydrogens (tertiary/aromatic N) is 3. The molecule has 0 unspecified atom stereocenters. The van der Waals surface area contributed by atoms with Crippen molar-refractivity contribution in [2.75, 3.05) is 18.0 Å². The first-order chi connectivity index (χ1) is 14.3. The second-order valence-electron chi connectivity index (χ2n) is 8.69. The van der Waals surface area contributed by atoms with E-state index < -0.39 is 5.60 Å². The zero-order chi connectivity index (χ0) is 21.3. The predicted molar refractivity (Wildman–Crippen MR) is 120 cm³/mol. The first-order valence-electron chi connectivity index (χ1n) is 10.2. The minimum absolute atomic E-state index is 0.0271. The van der Waals surface area contributed by atoms with Crippen molar-refractivity contribution in [1.82, 2.24) is 14.9 Å². The third-order valence-electron chi connectivity index (χ3n) is 5.06. The van der Waals surface area contributed by atoms with Gasteiger partial charge in [-0.3, -0.25) is 0 Å². The second-order valence-corrected chi connectivity index (χ2v) is 9.13. The number of carbonyl (C=O) groups is 1. The zero-order valence-electron chi connectivity index (χ0n) is 17.6. The smallest absolute Gasteiger partial charge is 0.407 e. The molecule has 1 N–H and O–H groups in total. The molecule has 0 spiro atoms. The van der Waals surface area contributed by atoms with Gasteiger partial charge in [0, 0.05) is 18.1 Å². The topological polar surface area (TPSA) is 59.4 Å². The standard InChI is InChI=1S/C23H27ClN4O2/c1-23(2,3)30-22(29)25-18-11-12-27(15-18)21-26-19-9-4-5-10-20(19)28(21)14-16-7-6-8-17(24)13-16/h4-10,13,18H,11-12,14-15H2,1-3H3,(H,25,29)/t18-/m1/s1. The van der Waals surface area contributed by atoms with E-state index in [2.05, 4.69) is 26.9 Å². The van der Waals surface area contributed by atoms with Crippen LogP contribution in [0.2, 0.25) is 5.02 Å². The summed E-state index contributed by atoms with van der Waals surface area (Å²) in [7, 11) is 0. The van der Waals surface area contributed by atoms with Gasteiger partial charge in [0.25, 0.3) is 0 Å². The van der Waals surface area contributed by atoms with Crippen LogP contribution in [0.15, 0.2) is 48.5 Å². The number of benzene rings is 2. The molecule has 2 aromatic carbocycles. The molecule has 1 aliphatic heterocycles. The van der Waals surface area contributed by atoms with Gasteiger partial charge in [-0.15, -0.1) is 0 Å². The molecule has 3 aromatic rings. The number of nitrogens with one attached hydrogen (secondary N) is 1. The van der Waals surface area contributed by atoms with Crippen LogP contribution >= 0.6 is 11.6 Å². The van der Waals surface area contributed by atoms with Crippen LogP contribution in [0, 0.1) is 0 Å². The Labute approximate surface area is 181 Å². The molecule has 6 nitrogen and oxygen atoms in total. The predicted octanol–water partition coefficient (Wildman–Crippen LogP) is 4.84. The summed E-state index contributed by atoms with van der Waals surface area (Å²) in [4.78, 5) is 19.3. The number of amides is 1. The number of aromatic nitrogens is 2. The summed E-state index contributed by atoms with van der Waals surface area (Å²) in [5.41, 5.74) is 2.65. The van der Waals surface area contributed by atoms with Gasteiger partial charge in [0.2, 0.25) is 5.95 Å². The summed E-state index contributed by atoms with van der Waals surface area (Å²) < 4.78 is 7.62. The molecular weight excluding hydrogens is 400 g/mol. The Balaban J connectivity index is 1.56. The lowest BCUT2D eigenvalue weighted by atomic mass is 10.2. The second kappa shape index (κ2) is 8.19. The number of imidazole rings is 1. The van der Waals surface area contributed by atoms with Crippen molar-refractivity contribution in [2.45, 2.75) is 45.4 Å². The van der Waals surface area contributed by atoms with Crippen molar-refractivity contribution in [2.24, 2.45) is 0 Å². The Morgan fingerprint density at radius 2 is 2.03 bits per heavy atom. The highest BCUT2D eigenvalue weighted by Gasteiger charge is 2.29. The maximum Gasteiger partial charge on any atom is 0.407 e. The highest BCUT2D eigenvalue weighted by Crippen LogP contribution is 2.27. The molecule has 0 saturated carbocycles. The van der Waals surface area contributed by atoms with E-state index in [9.17, 15) is 4.79 Å². The number of alkyl carbamates (subject to hydrolysis) is 1. The zero-order valence-corrected chi connectivity index (χ0v) is 18.3. The van der Waals surface area contributed by atoms with Crippen molar-refractivity contribution in [3.05, 3.63) is 59.1 Å². The molecule has 0 aliphatic carbocycles. The van der Waals surface area contributed by atoms with E-state index in [1.165, 1.54) is 0 Å². The fraction of sp³-hybridized carbons (Fsp3) is 0.391. The lowest BCUT2D eigenvalue weighted by Crippen LogP contribution is -2.40. The van der Waals surface area contributed by atoms with Crippen LogP contribution in [-0.4, -0.2) is 40.4 Å². The Bertz CT molecular complexity index is 1060. The number of para-hydroxylation sites is 2. The van der Waals surface area contributed by atoms with Crippen LogP contribution < -0.4 is 10.2 Å². The minimum atomic E-state index is -0.507. The average Bonchev–Trinajstić information content (AvgIpc) is 3.25. The number of anilines is 1. The van der Waals surface area contributed by atoms with Crippen molar-refractivity contribution in [3.8, 4) is 0 Å². The maximum absolute atomic E-state index is 12.2. The molecule has 0 bridgehead atoms. The number of hydrogen-bond donors (Lipinski definition) is 1. The van der Waals surface area contributed by atoms with Gasteiger partial charge in [0.15, 0.2) is 0 Å². The number of carbonyl (C=O) groups excluding carboxylic acids is 1. The third-order valence-corrected chi connectivity index (χ3v) is 5.29. The fourth-order valence-corrected chi connectivity index (χ4v) is 4.02. The van der Waals surface area contributed by atoms with Crippen LogP contribution in [-0.2, 0) is 11.3 Å². The molecule has 1 aromatic heterocycles. The monoisotopic (exact) mass is 426 g/mol. The quantitative estimate of drug-likeness (QED) is 0.648. The minimum Gasteiger partial charge on any atom is -0.444 e. The first kappa shape index (κ1) is 20.5. The molecule has 1 saturated heterocycles. The van der Waals surface area contributed by atoms with Gasteiger partial charge in [0.1, 0.15) is 5.60 Å². The van der Waals surface area contributed by atoms with Gasteiger partial charge < -0.3 is 19.5 Å². The number of halogens is 1. The van der Waals surface area contributed by atoms with Crippen LogP contribution in [0.1, 0.15) is 32.8 Å². The van der Waals surface area contributed by atoms with Crippen LogP contribution in [0.3, 0.4) is 0 Å². The molecule has 0 radical (unpaired) electrons. The molecule has 2 heterocycles. The molecule has 158 valence electrons. The molecule has 1 aliphatic rings. The highest BCUT2D eigenvalue weighted by molar-refractivity contribution is 6.30. The van der Waals surface area contributed by atoms with E-state index in [1.807, 2.05) is 57.2 Å². The number of fused-ring (bicyclic) bond motifs is 1. The normalized spacial score (nSPS) is 16.8. The van der Waals surface area contributed by atoms with Gasteiger partial charge in [-0.25, -0.2) is 9.78 Å². The number of ether oxygens (including phenoxy) is 1. The van der Waals surface area contributed by atoms with Crippen LogP contribution in [0.25, 0.3) is 11.0 Å². The van der Waals surface area contributed by atoms with Crippen molar-refractivity contribution in [1.29, 1.82) is 0 Å². The number of hydrogen-bond acceptors (Lipinski definition) is 4. The van der Waals surface area contributed by atoms with E-state index in [4.69, 9.17) is 21.3 Å². The summed E-state index contributed by atoms with van der Waals surface area (Å²) in [5.74, 6) is 0.907. The van der Waals surface area contributed by atoms with Gasteiger partial charge in [0.05, 0.1) is 23.6 Å². The summed E-state index contributed by atoms with van der Waals surface area (Å²) in [6.45, 7) is 7.79. The van der Waals surface area contributed by atoms with Gasteiger partial charge in [-0.05, 0) is 57.0 Å². The first-order valence-corrected chi connectivity index (χ1v) is 10.6. The van der Waals surface area contributed by atoms with E-state index >= 15 is 0 Å². The fourth-order valence-electron chi connectivity index (χ4n) is 3.81. The van der Waals surface area contributed by atoms with Crippen LogP contribution in [0.4, 0.5) is 10.7 Å². The van der Waals surface area contributed by atoms with E-state index in [1.54, 1.807) is 0 Å². The Morgan fingerprint density at radius 3 is 2.80 bits per heavy atom. The van der Waals surface area contributed by atoms with Crippen molar-refractivity contribution < 1.29 is 9.53 Å². The van der Waals surface area contributed by atoms with Crippen molar-refractivity contribution >= 4 is 34.7 Å². The number of rotatable bonds is 4. The third kappa shape index (κ3) is 4.70. The molecule has 1 amide bonds. The Kier molecular flexibility index (Phi) is 5.60. The lowest BCUT2D eigenvalue weighted by Gasteiger charge is -2.22. The van der Waals surface area contributed by atoms with Gasteiger partial charge in [-0.2, -0.15) is 0 Å². The SMILES string of the molecule is CC(C)(C)OC(=O)N[C@@H]1CCN(c2nc3ccccc3n2Cc2cccc(Cl)c2)C1. The Hall–Kier alpha value is -2.73. The summed E-state index contributed by atoms with van der Waals surface area (Å²) >= 11 is 6.20. The van der Waals surface area contributed by atoms with Crippen molar-refractivity contribution in [3.63, 3.8) is 0 Å². The molecule has 4 rings (SSSR count). The summed E-state index contributed by atoms with van der Waals surface area (Å²) in [6, 6.07) is 16.1. The largest absolute Gasteiger partial charge is 0.444 e. The highest BCUT2D eigenvalue weighted by atomic mass is 35.5. The van der Waals surface area contributed by atoms with Gasteiger partial charge >= 0.3 is 6.09 Å². The van der Waals surface area contributed by atoms with Gasteiger partial charge in [-0.1, -0.05) is 35.9 Å². The van der Waals surface area contributed by atoms with E-state index in [0.29, 0.717) is 13.1 Å². The molecule has 1 atom stereocenters. The average molecular weight is 427 g/mol. The maximum atomic E-state index is 12.2. The Morgan fingerprint density at radius 1 is 1.23 bits per heavy atom. The summed E-state index contributed by atoms with van der Waals surface area (Å²) in [6.07, 6.45) is 0.473. The summed E-state index contributed by atoms with van der Waals surface area (Å²) in [5, 5.41) is 3.71. The molecule has 7 heteroatoms. The molecule has 30 heavy (non-hydrogen) atoms. The van der Waals surface area contributed by atoms with Crippen LogP contribution in [0.5, 0.6) is 0 Å². The molecular formula is C23H27ClN4O2. The van der Waals surface area contributed by atoms with E-state index in [-0.39, 0.29) is 12.1 Å². The van der Waals surface area contributed by atoms with E-state index in [0.717, 1.165) is 40.5 Å².